The first-order valence-corrected chi connectivity index (χ1v) is 8.10. The molecule has 2 aromatic carbocycles. The average molecular weight is 363 g/mol. The fourth-order valence-electron chi connectivity index (χ4n) is 2.20. The molecule has 25 heavy (non-hydrogen) atoms. The maximum atomic E-state index is 10.8. The molecule has 0 aliphatic heterocycles. The third kappa shape index (κ3) is 5.12. The highest BCUT2D eigenvalue weighted by molar-refractivity contribution is 6.32. The van der Waals surface area contributed by atoms with E-state index < -0.39 is 4.92 Å². The Morgan fingerprint density at radius 3 is 2.80 bits per heavy atom. The summed E-state index contributed by atoms with van der Waals surface area (Å²) in [5.41, 5.74) is 1.55. The van der Waals surface area contributed by atoms with E-state index in [4.69, 9.17) is 21.1 Å². The van der Waals surface area contributed by atoms with E-state index in [-0.39, 0.29) is 5.69 Å². The van der Waals surface area contributed by atoms with E-state index in [0.29, 0.717) is 42.0 Å². The van der Waals surface area contributed by atoms with E-state index in [2.05, 4.69) is 11.9 Å². The number of anilines is 1. The highest BCUT2D eigenvalue weighted by atomic mass is 35.5. The van der Waals surface area contributed by atoms with Gasteiger partial charge in [0, 0.05) is 24.4 Å². The number of benzene rings is 2. The van der Waals surface area contributed by atoms with Gasteiger partial charge in [0.15, 0.2) is 11.5 Å². The van der Waals surface area contributed by atoms with E-state index in [9.17, 15) is 10.1 Å². The molecule has 0 unspecified atom stereocenters. The first kappa shape index (κ1) is 18.6. The summed E-state index contributed by atoms with van der Waals surface area (Å²) < 4.78 is 11.2. The number of halogens is 1. The molecule has 0 spiro atoms. The normalized spacial score (nSPS) is 10.2. The molecule has 0 saturated carbocycles. The lowest BCUT2D eigenvalue weighted by molar-refractivity contribution is -0.384. The van der Waals surface area contributed by atoms with Gasteiger partial charge in [-0.25, -0.2) is 0 Å². The van der Waals surface area contributed by atoms with Crippen molar-refractivity contribution in [2.24, 2.45) is 0 Å². The fourth-order valence-corrected chi connectivity index (χ4v) is 2.49. The van der Waals surface area contributed by atoms with Gasteiger partial charge >= 0.3 is 0 Å². The molecule has 0 aliphatic rings. The summed E-state index contributed by atoms with van der Waals surface area (Å²) in [7, 11) is 0. The van der Waals surface area contributed by atoms with Crippen molar-refractivity contribution >= 4 is 23.0 Å². The monoisotopic (exact) mass is 362 g/mol. The van der Waals surface area contributed by atoms with E-state index >= 15 is 0 Å². The van der Waals surface area contributed by atoms with Gasteiger partial charge < -0.3 is 14.8 Å². The molecule has 2 rings (SSSR count). The zero-order valence-corrected chi connectivity index (χ0v) is 14.6. The van der Waals surface area contributed by atoms with E-state index in [1.807, 2.05) is 13.0 Å². The Bertz CT molecular complexity index is 765. The number of hydrogen-bond acceptors (Lipinski definition) is 5. The molecule has 7 heteroatoms. The minimum Gasteiger partial charge on any atom is -0.490 e. The molecule has 0 aromatic heterocycles. The number of hydrogen-bond donors (Lipinski definition) is 1. The van der Waals surface area contributed by atoms with Crippen molar-refractivity contribution in [1.82, 2.24) is 0 Å². The number of nitrogens with one attached hydrogen (secondary N) is 1. The van der Waals surface area contributed by atoms with Crippen LogP contribution in [0, 0.1) is 10.1 Å². The average Bonchev–Trinajstić information content (AvgIpc) is 2.60. The Hall–Kier alpha value is -2.73. The van der Waals surface area contributed by atoms with Crippen molar-refractivity contribution < 1.29 is 14.4 Å². The smallest absolute Gasteiger partial charge is 0.271 e. The summed E-state index contributed by atoms with van der Waals surface area (Å²) in [5.74, 6) is 1.02. The second-order valence-electron chi connectivity index (χ2n) is 5.10. The molecule has 2 aromatic rings. The van der Waals surface area contributed by atoms with Crippen LogP contribution in [-0.4, -0.2) is 18.1 Å². The molecule has 0 aliphatic carbocycles. The lowest BCUT2D eigenvalue weighted by Crippen LogP contribution is -2.04. The van der Waals surface area contributed by atoms with Crippen molar-refractivity contribution in [3.8, 4) is 11.5 Å². The van der Waals surface area contributed by atoms with Crippen LogP contribution in [-0.2, 0) is 6.54 Å². The van der Waals surface area contributed by atoms with Gasteiger partial charge in [-0.3, -0.25) is 10.1 Å². The van der Waals surface area contributed by atoms with Crippen molar-refractivity contribution in [3.63, 3.8) is 0 Å². The summed E-state index contributed by atoms with van der Waals surface area (Å²) in [5, 5.41) is 14.4. The first-order valence-electron chi connectivity index (χ1n) is 7.72. The van der Waals surface area contributed by atoms with Crippen LogP contribution in [0.5, 0.6) is 11.5 Å². The molecule has 0 amide bonds. The van der Waals surface area contributed by atoms with Crippen LogP contribution in [0.3, 0.4) is 0 Å². The molecule has 0 atom stereocenters. The zero-order valence-electron chi connectivity index (χ0n) is 13.8. The molecule has 0 saturated heterocycles. The third-order valence-electron chi connectivity index (χ3n) is 3.27. The van der Waals surface area contributed by atoms with Gasteiger partial charge in [-0.05, 0) is 30.7 Å². The number of nitrogens with zero attached hydrogens (tertiary/aromatic N) is 1. The van der Waals surface area contributed by atoms with Crippen LogP contribution >= 0.6 is 11.6 Å². The molecule has 6 nitrogen and oxygen atoms in total. The topological polar surface area (TPSA) is 73.6 Å². The summed E-state index contributed by atoms with van der Waals surface area (Å²) in [6.45, 7) is 6.72. The Kier molecular flexibility index (Phi) is 6.65. The molecule has 0 heterocycles. The molecule has 0 radical (unpaired) electrons. The van der Waals surface area contributed by atoms with E-state index in [0.717, 1.165) is 5.56 Å². The van der Waals surface area contributed by atoms with E-state index in [1.165, 1.54) is 12.1 Å². The predicted molar refractivity (Wildman–Crippen MR) is 98.7 cm³/mol. The third-order valence-corrected chi connectivity index (χ3v) is 3.55. The minimum absolute atomic E-state index is 0.0335. The maximum absolute atomic E-state index is 10.8. The van der Waals surface area contributed by atoms with Gasteiger partial charge in [0.1, 0.15) is 6.61 Å². The molecule has 0 bridgehead atoms. The quantitative estimate of drug-likeness (QED) is 0.393. The predicted octanol–water partition coefficient (Wildman–Crippen LogP) is 4.82. The lowest BCUT2D eigenvalue weighted by atomic mass is 10.2. The summed E-state index contributed by atoms with van der Waals surface area (Å²) in [6.07, 6.45) is 1.63. The van der Waals surface area contributed by atoms with Gasteiger partial charge in [0.25, 0.3) is 5.69 Å². The number of rotatable bonds is 9. The van der Waals surface area contributed by atoms with Gasteiger partial charge in [-0.15, -0.1) is 0 Å². The molecular weight excluding hydrogens is 344 g/mol. The maximum Gasteiger partial charge on any atom is 0.271 e. The summed E-state index contributed by atoms with van der Waals surface area (Å²) >= 11 is 6.30. The van der Waals surface area contributed by atoms with Gasteiger partial charge in [0.2, 0.25) is 0 Å². The fraction of sp³-hybridized carbons (Fsp3) is 0.222. The molecular formula is C18H19ClN2O4. The Morgan fingerprint density at radius 2 is 2.12 bits per heavy atom. The largest absolute Gasteiger partial charge is 0.490 e. The van der Waals surface area contributed by atoms with Crippen LogP contribution in [0.25, 0.3) is 0 Å². The van der Waals surface area contributed by atoms with Gasteiger partial charge in [-0.2, -0.15) is 0 Å². The molecule has 132 valence electrons. The Labute approximate surface area is 151 Å². The van der Waals surface area contributed by atoms with Crippen LogP contribution in [0.15, 0.2) is 49.1 Å². The van der Waals surface area contributed by atoms with Gasteiger partial charge in [0.05, 0.1) is 16.6 Å². The minimum atomic E-state index is -0.430. The van der Waals surface area contributed by atoms with E-state index in [1.54, 1.807) is 24.3 Å². The van der Waals surface area contributed by atoms with Crippen molar-refractivity contribution in [3.05, 3.63) is 69.8 Å². The molecule has 0 fully saturated rings. The molecule has 1 N–H and O–H groups in total. The Balaban J connectivity index is 2.17. The highest BCUT2D eigenvalue weighted by Crippen LogP contribution is 2.37. The first-order chi connectivity index (χ1) is 12.0. The van der Waals surface area contributed by atoms with Gasteiger partial charge in [-0.1, -0.05) is 30.3 Å². The second kappa shape index (κ2) is 8.94. The standard InChI is InChI=1S/C18H19ClN2O4/c1-3-8-25-18-16(19)9-13(10-17(18)24-4-2)12-20-14-6-5-7-15(11-14)21(22)23/h3,5-7,9-11,20H,1,4,8,12H2,2H3. The zero-order chi connectivity index (χ0) is 18.2. The van der Waals surface area contributed by atoms with Crippen LogP contribution in [0.2, 0.25) is 5.02 Å². The van der Waals surface area contributed by atoms with Crippen molar-refractivity contribution in [2.75, 3.05) is 18.5 Å². The van der Waals surface area contributed by atoms with Crippen molar-refractivity contribution in [1.29, 1.82) is 0 Å². The SMILES string of the molecule is C=CCOc1c(Cl)cc(CNc2cccc([N+](=O)[O-])c2)cc1OCC. The van der Waals surface area contributed by atoms with Crippen LogP contribution < -0.4 is 14.8 Å². The number of ether oxygens (including phenoxy) is 2. The summed E-state index contributed by atoms with van der Waals surface area (Å²) in [6, 6.07) is 9.92. The number of non-ortho nitro benzene ring substituents is 1. The lowest BCUT2D eigenvalue weighted by Gasteiger charge is -2.15. The Morgan fingerprint density at radius 1 is 1.32 bits per heavy atom. The van der Waals surface area contributed by atoms with Crippen LogP contribution in [0.1, 0.15) is 12.5 Å². The van der Waals surface area contributed by atoms with Crippen molar-refractivity contribution in [2.45, 2.75) is 13.5 Å². The van der Waals surface area contributed by atoms with Crippen LogP contribution in [0.4, 0.5) is 11.4 Å². The highest BCUT2D eigenvalue weighted by Gasteiger charge is 2.13. The number of nitro benzene ring substituents is 1. The number of nitro groups is 1. The summed E-state index contributed by atoms with van der Waals surface area (Å²) in [4.78, 5) is 10.4. The second-order valence-corrected chi connectivity index (χ2v) is 5.51.